The summed E-state index contributed by atoms with van der Waals surface area (Å²) in [6.45, 7) is 1.51. The van der Waals surface area contributed by atoms with Gasteiger partial charge < -0.3 is 9.47 Å². The van der Waals surface area contributed by atoms with Crippen molar-refractivity contribution in [1.29, 1.82) is 0 Å². The second kappa shape index (κ2) is 7.47. The van der Waals surface area contributed by atoms with Crippen LogP contribution in [0.2, 0.25) is 0 Å². The van der Waals surface area contributed by atoms with Crippen LogP contribution in [0.4, 0.5) is 5.69 Å². The van der Waals surface area contributed by atoms with Crippen molar-refractivity contribution in [3.63, 3.8) is 0 Å². The molecule has 0 saturated heterocycles. The zero-order chi connectivity index (χ0) is 19.7. The third-order valence-corrected chi connectivity index (χ3v) is 4.95. The van der Waals surface area contributed by atoms with Crippen LogP contribution >= 0.6 is 11.8 Å². The SMILES string of the molecule is COc1cccc([C@@H]2Oc3nc(SC)nnc3-c3ccccc3N2C(C)=O)c1. The maximum absolute atomic E-state index is 12.7. The van der Waals surface area contributed by atoms with E-state index in [9.17, 15) is 4.79 Å². The van der Waals surface area contributed by atoms with Gasteiger partial charge in [0.25, 0.3) is 0 Å². The number of carbonyl (C=O) groups excluding carboxylic acids is 1. The molecule has 1 aliphatic heterocycles. The summed E-state index contributed by atoms with van der Waals surface area (Å²) in [4.78, 5) is 18.8. The van der Waals surface area contributed by atoms with Crippen molar-refractivity contribution in [2.24, 2.45) is 0 Å². The fourth-order valence-corrected chi connectivity index (χ4v) is 3.45. The molecule has 0 radical (unpaired) electrons. The van der Waals surface area contributed by atoms with E-state index in [2.05, 4.69) is 15.2 Å². The first-order chi connectivity index (χ1) is 13.6. The smallest absolute Gasteiger partial charge is 0.247 e. The Morgan fingerprint density at radius 3 is 2.75 bits per heavy atom. The number of ether oxygens (including phenoxy) is 2. The van der Waals surface area contributed by atoms with Gasteiger partial charge in [-0.15, -0.1) is 10.2 Å². The van der Waals surface area contributed by atoms with Crippen LogP contribution in [-0.4, -0.2) is 34.5 Å². The molecule has 142 valence electrons. The minimum atomic E-state index is -0.721. The van der Waals surface area contributed by atoms with Crippen molar-refractivity contribution in [2.45, 2.75) is 18.3 Å². The molecule has 1 aromatic heterocycles. The summed E-state index contributed by atoms with van der Waals surface area (Å²) in [7, 11) is 1.60. The Balaban J connectivity index is 1.96. The Bertz CT molecular complexity index is 1040. The lowest BCUT2D eigenvalue weighted by atomic mass is 10.1. The molecule has 7 nitrogen and oxygen atoms in total. The van der Waals surface area contributed by atoms with E-state index in [0.29, 0.717) is 28.2 Å². The summed E-state index contributed by atoms with van der Waals surface area (Å²) in [6, 6.07) is 15.0. The predicted molar refractivity (Wildman–Crippen MR) is 107 cm³/mol. The number of carbonyl (C=O) groups is 1. The second-order valence-electron chi connectivity index (χ2n) is 6.11. The number of hydrogen-bond donors (Lipinski definition) is 0. The second-order valence-corrected chi connectivity index (χ2v) is 6.88. The molecule has 4 rings (SSSR count). The van der Waals surface area contributed by atoms with Gasteiger partial charge in [0.05, 0.1) is 12.8 Å². The van der Waals surface area contributed by atoms with Gasteiger partial charge in [0, 0.05) is 18.1 Å². The molecule has 2 aromatic carbocycles. The summed E-state index contributed by atoms with van der Waals surface area (Å²) in [5.74, 6) is 0.850. The van der Waals surface area contributed by atoms with Crippen LogP contribution in [0, 0.1) is 0 Å². The van der Waals surface area contributed by atoms with Crippen LogP contribution < -0.4 is 14.4 Å². The maximum Gasteiger partial charge on any atom is 0.247 e. The Morgan fingerprint density at radius 1 is 1.18 bits per heavy atom. The van der Waals surface area contributed by atoms with Crippen molar-refractivity contribution < 1.29 is 14.3 Å². The highest BCUT2D eigenvalue weighted by Crippen LogP contribution is 2.43. The zero-order valence-electron chi connectivity index (χ0n) is 15.6. The molecule has 1 amide bonds. The number of thioether (sulfide) groups is 1. The van der Waals surface area contributed by atoms with E-state index >= 15 is 0 Å². The van der Waals surface area contributed by atoms with Gasteiger partial charge in [0.2, 0.25) is 23.2 Å². The number of fused-ring (bicyclic) bond motifs is 3. The van der Waals surface area contributed by atoms with Crippen LogP contribution in [0.1, 0.15) is 18.7 Å². The first kappa shape index (κ1) is 18.2. The first-order valence-electron chi connectivity index (χ1n) is 8.61. The number of nitrogens with zero attached hydrogens (tertiary/aromatic N) is 4. The lowest BCUT2D eigenvalue weighted by Gasteiger charge is -2.30. The summed E-state index contributed by atoms with van der Waals surface area (Å²) >= 11 is 1.37. The highest BCUT2D eigenvalue weighted by molar-refractivity contribution is 7.98. The number of aromatic nitrogens is 3. The van der Waals surface area contributed by atoms with E-state index in [0.717, 1.165) is 11.1 Å². The summed E-state index contributed by atoms with van der Waals surface area (Å²) in [5.41, 5.74) is 2.70. The molecule has 28 heavy (non-hydrogen) atoms. The average molecular weight is 394 g/mol. The van der Waals surface area contributed by atoms with E-state index in [1.165, 1.54) is 18.7 Å². The third-order valence-electron chi connectivity index (χ3n) is 4.41. The van der Waals surface area contributed by atoms with E-state index in [-0.39, 0.29) is 5.91 Å². The van der Waals surface area contributed by atoms with Crippen LogP contribution in [-0.2, 0) is 4.79 Å². The molecular formula is C20H18N4O3S. The van der Waals surface area contributed by atoms with Gasteiger partial charge in [-0.3, -0.25) is 9.69 Å². The molecule has 0 spiro atoms. The van der Waals surface area contributed by atoms with Gasteiger partial charge in [-0.25, -0.2) is 0 Å². The highest BCUT2D eigenvalue weighted by Gasteiger charge is 2.34. The largest absolute Gasteiger partial charge is 0.497 e. The van der Waals surface area contributed by atoms with Gasteiger partial charge >= 0.3 is 0 Å². The van der Waals surface area contributed by atoms with E-state index in [1.807, 2.05) is 54.8 Å². The van der Waals surface area contributed by atoms with Crippen molar-refractivity contribution in [2.75, 3.05) is 18.3 Å². The maximum atomic E-state index is 12.7. The Morgan fingerprint density at radius 2 is 2.00 bits per heavy atom. The Hall–Kier alpha value is -3.13. The quantitative estimate of drug-likeness (QED) is 0.627. The number of benzene rings is 2. The number of methoxy groups -OCH3 is 1. The molecule has 0 unspecified atom stereocenters. The molecule has 1 aliphatic rings. The minimum absolute atomic E-state index is 0.161. The average Bonchev–Trinajstić information content (AvgIpc) is 2.87. The summed E-state index contributed by atoms with van der Waals surface area (Å²) in [5, 5.41) is 8.97. The molecule has 0 fully saturated rings. The van der Waals surface area contributed by atoms with Crippen molar-refractivity contribution in [1.82, 2.24) is 15.2 Å². The normalized spacial score (nSPS) is 15.1. The topological polar surface area (TPSA) is 77.4 Å². The van der Waals surface area contributed by atoms with Crippen LogP contribution in [0.5, 0.6) is 11.6 Å². The number of anilines is 1. The minimum Gasteiger partial charge on any atom is -0.497 e. The molecule has 0 saturated carbocycles. The van der Waals surface area contributed by atoms with Gasteiger partial charge in [0.1, 0.15) is 5.75 Å². The molecule has 0 aliphatic carbocycles. The number of amides is 1. The van der Waals surface area contributed by atoms with Crippen molar-refractivity contribution in [3.8, 4) is 22.9 Å². The Labute approximate surface area is 166 Å². The van der Waals surface area contributed by atoms with Gasteiger partial charge in [-0.05, 0) is 24.5 Å². The molecule has 2 heterocycles. The third kappa shape index (κ3) is 3.16. The Kier molecular flexibility index (Phi) is 4.87. The zero-order valence-corrected chi connectivity index (χ0v) is 16.4. The first-order valence-corrected chi connectivity index (χ1v) is 9.83. The lowest BCUT2D eigenvalue weighted by molar-refractivity contribution is -0.118. The number of hydrogen-bond acceptors (Lipinski definition) is 7. The highest BCUT2D eigenvalue weighted by atomic mass is 32.2. The number of para-hydroxylation sites is 1. The fourth-order valence-electron chi connectivity index (χ4n) is 3.15. The molecule has 0 N–H and O–H groups in total. The summed E-state index contributed by atoms with van der Waals surface area (Å²) in [6.07, 6.45) is 1.15. The van der Waals surface area contributed by atoms with E-state index in [1.54, 1.807) is 12.0 Å². The van der Waals surface area contributed by atoms with Gasteiger partial charge in [0.15, 0.2) is 5.69 Å². The van der Waals surface area contributed by atoms with Crippen LogP contribution in [0.25, 0.3) is 11.3 Å². The predicted octanol–water partition coefficient (Wildman–Crippen LogP) is 3.71. The van der Waals surface area contributed by atoms with Crippen molar-refractivity contribution in [3.05, 3.63) is 54.1 Å². The van der Waals surface area contributed by atoms with Crippen molar-refractivity contribution >= 4 is 23.4 Å². The van der Waals surface area contributed by atoms with Gasteiger partial charge in [-0.2, -0.15) is 4.98 Å². The molecule has 0 bridgehead atoms. The molecular weight excluding hydrogens is 376 g/mol. The fraction of sp³-hybridized carbons (Fsp3) is 0.200. The monoisotopic (exact) mass is 394 g/mol. The van der Waals surface area contributed by atoms with Crippen LogP contribution in [0.3, 0.4) is 0 Å². The van der Waals surface area contributed by atoms with Gasteiger partial charge in [-0.1, -0.05) is 42.1 Å². The molecule has 8 heteroatoms. The molecule has 1 atom stereocenters. The molecule has 3 aromatic rings. The summed E-state index contributed by atoms with van der Waals surface area (Å²) < 4.78 is 11.6. The lowest BCUT2D eigenvalue weighted by Crippen LogP contribution is -2.36. The number of rotatable bonds is 3. The van der Waals surface area contributed by atoms with E-state index < -0.39 is 6.23 Å². The standard InChI is InChI=1S/C20H18N4O3S/c1-12(25)24-16-10-5-4-9-15(16)17-18(21-20(28-3)23-22-17)27-19(24)13-7-6-8-14(11-13)26-2/h4-11,19H,1-3H3/t19-/m0/s1. The van der Waals surface area contributed by atoms with E-state index in [4.69, 9.17) is 9.47 Å². The van der Waals surface area contributed by atoms with Crippen LogP contribution in [0.15, 0.2) is 53.7 Å².